The fourth-order valence-corrected chi connectivity index (χ4v) is 9.86. The predicted molar refractivity (Wildman–Crippen MR) is 300 cm³/mol. The summed E-state index contributed by atoms with van der Waals surface area (Å²) in [6.07, 6.45) is 0. The van der Waals surface area contributed by atoms with E-state index in [1.165, 1.54) is 27.8 Å². The van der Waals surface area contributed by atoms with Crippen LogP contribution < -0.4 is 0 Å². The smallest absolute Gasteiger partial charge is 0.164 e. The highest BCUT2D eigenvalue weighted by molar-refractivity contribution is 6.08. The molecule has 0 amide bonds. The van der Waals surface area contributed by atoms with Crippen LogP contribution in [0.5, 0.6) is 0 Å². The van der Waals surface area contributed by atoms with Crippen LogP contribution in [0, 0.1) is 0 Å². The third kappa shape index (κ3) is 8.95. The minimum atomic E-state index is 0.623. The second-order valence-corrected chi connectivity index (χ2v) is 17.9. The molecule has 11 aromatic carbocycles. The van der Waals surface area contributed by atoms with Crippen LogP contribution in [0.4, 0.5) is 0 Å². The van der Waals surface area contributed by atoms with Gasteiger partial charge in [-0.15, -0.1) is 0 Å². The molecule has 0 aliphatic heterocycles. The zero-order valence-corrected chi connectivity index (χ0v) is 39.5. The highest BCUT2D eigenvalue weighted by atomic mass is 15.0. The number of rotatable bonds is 11. The summed E-state index contributed by atoms with van der Waals surface area (Å²) in [5.74, 6) is 1.90. The first-order valence-corrected chi connectivity index (χ1v) is 24.4. The first-order valence-electron chi connectivity index (χ1n) is 24.4. The fraction of sp³-hybridized carbons (Fsp3) is 0. The van der Waals surface area contributed by atoms with Crippen molar-refractivity contribution in [2.45, 2.75) is 0 Å². The number of nitrogens with zero attached hydrogens (tertiary/aromatic N) is 3. The van der Waals surface area contributed by atoms with E-state index in [0.29, 0.717) is 17.5 Å². The van der Waals surface area contributed by atoms with Crippen molar-refractivity contribution in [3.8, 4) is 123 Å². The van der Waals surface area contributed by atoms with Gasteiger partial charge in [-0.1, -0.05) is 249 Å². The molecule has 0 radical (unpaired) electrons. The first kappa shape index (κ1) is 43.7. The first-order chi connectivity index (χ1) is 35.7. The molecule has 12 aromatic rings. The second-order valence-electron chi connectivity index (χ2n) is 17.9. The van der Waals surface area contributed by atoms with Crippen molar-refractivity contribution in [2.24, 2.45) is 0 Å². The lowest BCUT2D eigenvalue weighted by Crippen LogP contribution is -2.00. The van der Waals surface area contributed by atoms with Crippen molar-refractivity contribution >= 4 is 0 Å². The molecule has 72 heavy (non-hydrogen) atoms. The molecule has 338 valence electrons. The van der Waals surface area contributed by atoms with Crippen molar-refractivity contribution in [1.29, 1.82) is 0 Å². The highest BCUT2D eigenvalue weighted by Crippen LogP contribution is 2.51. The van der Waals surface area contributed by atoms with Gasteiger partial charge in [0.25, 0.3) is 0 Å². The summed E-state index contributed by atoms with van der Waals surface area (Å²) in [4.78, 5) is 15.1. The number of hydrogen-bond donors (Lipinski definition) is 0. The van der Waals surface area contributed by atoms with Crippen molar-refractivity contribution < 1.29 is 0 Å². The van der Waals surface area contributed by atoms with E-state index in [2.05, 4.69) is 224 Å². The zero-order valence-electron chi connectivity index (χ0n) is 39.5. The lowest BCUT2D eigenvalue weighted by molar-refractivity contribution is 1.07. The second kappa shape index (κ2) is 19.8. The number of aromatic nitrogens is 3. The van der Waals surface area contributed by atoms with E-state index in [9.17, 15) is 0 Å². The summed E-state index contributed by atoms with van der Waals surface area (Å²) in [6.45, 7) is 0. The summed E-state index contributed by atoms with van der Waals surface area (Å²) in [7, 11) is 0. The highest BCUT2D eigenvalue weighted by Gasteiger charge is 2.24. The van der Waals surface area contributed by atoms with Gasteiger partial charge in [0, 0.05) is 16.7 Å². The van der Waals surface area contributed by atoms with E-state index in [-0.39, 0.29) is 0 Å². The van der Waals surface area contributed by atoms with Crippen molar-refractivity contribution in [3.63, 3.8) is 0 Å². The predicted octanol–water partition coefficient (Wildman–Crippen LogP) is 18.2. The van der Waals surface area contributed by atoms with Crippen LogP contribution in [0.25, 0.3) is 123 Å². The molecule has 0 unspecified atom stereocenters. The Hall–Kier alpha value is -9.57. The molecule has 0 saturated carbocycles. The maximum absolute atomic E-state index is 5.06. The molecule has 1 aromatic heterocycles. The Kier molecular flexibility index (Phi) is 12.0. The average Bonchev–Trinajstić information content (AvgIpc) is 3.48. The molecule has 0 spiro atoms. The molecular weight excluding hydrogens is 871 g/mol. The SMILES string of the molecule is c1ccc(-c2cc(-c3cccc(-c4cccc(-c5nc(-c6ccccc6)nc(-c6ccccc6)n5)c4)c3)cc(-c3cc(-c4ccccc4)c(-c4ccccc4)c(-c4ccccc4)c3-c3ccccc3)c2)cc1. The molecular formula is C69H47N3. The Morgan fingerprint density at radius 2 is 0.417 bits per heavy atom. The van der Waals surface area contributed by atoms with E-state index in [1.54, 1.807) is 0 Å². The fourth-order valence-electron chi connectivity index (χ4n) is 9.86. The normalized spacial score (nSPS) is 11.1. The largest absolute Gasteiger partial charge is 0.208 e. The average molecular weight is 918 g/mol. The van der Waals surface area contributed by atoms with Crippen LogP contribution in [-0.2, 0) is 0 Å². The van der Waals surface area contributed by atoms with Crippen LogP contribution in [0.3, 0.4) is 0 Å². The van der Waals surface area contributed by atoms with E-state index in [4.69, 9.17) is 15.0 Å². The quantitative estimate of drug-likeness (QED) is 0.130. The molecule has 0 aliphatic carbocycles. The van der Waals surface area contributed by atoms with Gasteiger partial charge in [0.2, 0.25) is 0 Å². The molecule has 0 fully saturated rings. The van der Waals surface area contributed by atoms with Gasteiger partial charge in [0.15, 0.2) is 17.5 Å². The van der Waals surface area contributed by atoms with Crippen molar-refractivity contribution in [1.82, 2.24) is 15.0 Å². The van der Waals surface area contributed by atoms with Gasteiger partial charge in [-0.05, 0) is 125 Å². The summed E-state index contributed by atoms with van der Waals surface area (Å²) >= 11 is 0. The van der Waals surface area contributed by atoms with Crippen molar-refractivity contribution in [3.05, 3.63) is 285 Å². The Morgan fingerprint density at radius 3 is 0.861 bits per heavy atom. The van der Waals surface area contributed by atoms with E-state index in [1.807, 2.05) is 60.7 Å². The number of benzene rings is 11. The Labute approximate surface area is 421 Å². The van der Waals surface area contributed by atoms with Crippen LogP contribution >= 0.6 is 0 Å². The molecule has 0 atom stereocenters. The lowest BCUT2D eigenvalue weighted by Gasteiger charge is -2.25. The van der Waals surface area contributed by atoms with Gasteiger partial charge in [-0.25, -0.2) is 15.0 Å². The third-order valence-corrected chi connectivity index (χ3v) is 13.3. The van der Waals surface area contributed by atoms with Crippen molar-refractivity contribution in [2.75, 3.05) is 0 Å². The summed E-state index contributed by atoms with van der Waals surface area (Å²) < 4.78 is 0. The molecule has 0 saturated heterocycles. The van der Waals surface area contributed by atoms with Crippen LogP contribution in [0.15, 0.2) is 285 Å². The summed E-state index contributed by atoms with van der Waals surface area (Å²) in [6, 6.07) is 102. The van der Waals surface area contributed by atoms with Crippen LogP contribution in [0.2, 0.25) is 0 Å². The minimum absolute atomic E-state index is 0.623. The maximum atomic E-state index is 5.06. The summed E-state index contributed by atoms with van der Waals surface area (Å²) in [5.41, 5.74) is 21.2. The summed E-state index contributed by atoms with van der Waals surface area (Å²) in [5, 5.41) is 0. The van der Waals surface area contributed by atoms with E-state index in [0.717, 1.165) is 77.9 Å². The lowest BCUT2D eigenvalue weighted by atomic mass is 9.78. The van der Waals surface area contributed by atoms with Gasteiger partial charge in [-0.3, -0.25) is 0 Å². The standard InChI is InChI=1S/C69H47N3/c1-8-24-48(25-9-1)59-44-60(57-40-22-38-55(42-57)56-39-23-41-58(43-56)69-71-67(53-34-18-6-19-35-53)70-68(72-69)54-36-20-7-21-37-54)46-61(45-59)63-47-62(49-26-10-2-11-27-49)64(50-28-12-3-13-29-50)66(52-32-16-5-17-33-52)65(63)51-30-14-4-15-31-51/h1-47H. The molecule has 0 bridgehead atoms. The molecule has 3 nitrogen and oxygen atoms in total. The van der Waals surface area contributed by atoms with Gasteiger partial charge in [-0.2, -0.15) is 0 Å². The minimum Gasteiger partial charge on any atom is -0.208 e. The number of hydrogen-bond acceptors (Lipinski definition) is 3. The molecule has 12 rings (SSSR count). The monoisotopic (exact) mass is 917 g/mol. The Morgan fingerprint density at radius 1 is 0.153 bits per heavy atom. The molecule has 0 N–H and O–H groups in total. The van der Waals surface area contributed by atoms with Gasteiger partial charge < -0.3 is 0 Å². The Bertz CT molecular complexity index is 3750. The van der Waals surface area contributed by atoms with Crippen LogP contribution in [0.1, 0.15) is 0 Å². The van der Waals surface area contributed by atoms with Gasteiger partial charge >= 0.3 is 0 Å². The van der Waals surface area contributed by atoms with Gasteiger partial charge in [0.05, 0.1) is 0 Å². The van der Waals surface area contributed by atoms with E-state index >= 15 is 0 Å². The zero-order chi connectivity index (χ0) is 48.1. The maximum Gasteiger partial charge on any atom is 0.164 e. The Balaban J connectivity index is 1.06. The molecule has 3 heteroatoms. The topological polar surface area (TPSA) is 38.7 Å². The molecule has 1 heterocycles. The third-order valence-electron chi connectivity index (χ3n) is 13.3. The van der Waals surface area contributed by atoms with Crippen LogP contribution in [-0.4, -0.2) is 15.0 Å². The van der Waals surface area contributed by atoms with Gasteiger partial charge in [0.1, 0.15) is 0 Å². The molecule has 0 aliphatic rings. The van der Waals surface area contributed by atoms with E-state index < -0.39 is 0 Å².